The molecular formula is C9H12ClNOS. The van der Waals surface area contributed by atoms with Gasteiger partial charge in [-0.2, -0.15) is 0 Å². The fraction of sp³-hybridized carbons (Fsp3) is 0.333. The summed E-state index contributed by atoms with van der Waals surface area (Å²) in [5.74, 6) is 0.843. The molecule has 0 fully saturated rings. The van der Waals surface area contributed by atoms with Gasteiger partial charge in [-0.3, -0.25) is 4.72 Å². The molecule has 0 saturated carbocycles. The van der Waals surface area contributed by atoms with Gasteiger partial charge in [0, 0.05) is 11.6 Å². The van der Waals surface area contributed by atoms with Crippen molar-refractivity contribution in [2.45, 2.75) is 11.8 Å². The monoisotopic (exact) mass is 217 g/mol. The first kappa shape index (κ1) is 10.7. The van der Waals surface area contributed by atoms with Crippen LogP contribution in [0.1, 0.15) is 6.92 Å². The lowest BCUT2D eigenvalue weighted by Gasteiger charge is -2.07. The van der Waals surface area contributed by atoms with Crippen molar-refractivity contribution in [1.82, 2.24) is 4.72 Å². The van der Waals surface area contributed by atoms with Gasteiger partial charge in [0.25, 0.3) is 0 Å². The normalized spacial score (nSPS) is 10.1. The van der Waals surface area contributed by atoms with E-state index in [1.165, 1.54) is 11.9 Å². The van der Waals surface area contributed by atoms with E-state index in [2.05, 4.69) is 4.72 Å². The highest BCUT2D eigenvalue weighted by Crippen LogP contribution is 2.29. The van der Waals surface area contributed by atoms with Crippen LogP contribution < -0.4 is 9.46 Å². The van der Waals surface area contributed by atoms with E-state index in [1.54, 1.807) is 7.11 Å². The lowest BCUT2D eigenvalue weighted by Crippen LogP contribution is -2.00. The molecule has 72 valence electrons. The van der Waals surface area contributed by atoms with Crippen molar-refractivity contribution in [2.75, 3.05) is 13.7 Å². The number of hydrogen-bond donors (Lipinski definition) is 1. The van der Waals surface area contributed by atoms with E-state index in [-0.39, 0.29) is 0 Å². The number of rotatable bonds is 4. The van der Waals surface area contributed by atoms with Crippen LogP contribution in [0.25, 0.3) is 0 Å². The Kier molecular flexibility index (Phi) is 4.42. The summed E-state index contributed by atoms with van der Waals surface area (Å²) < 4.78 is 8.32. The minimum absolute atomic E-state index is 0.723. The van der Waals surface area contributed by atoms with Gasteiger partial charge in [-0.25, -0.2) is 0 Å². The summed E-state index contributed by atoms with van der Waals surface area (Å²) in [5.41, 5.74) is 0. The molecule has 0 amide bonds. The maximum atomic E-state index is 5.86. The molecule has 0 bridgehead atoms. The van der Waals surface area contributed by atoms with E-state index in [9.17, 15) is 0 Å². The summed E-state index contributed by atoms with van der Waals surface area (Å²) in [4.78, 5) is 1.01. The van der Waals surface area contributed by atoms with Crippen molar-refractivity contribution in [3.05, 3.63) is 23.2 Å². The number of methoxy groups -OCH3 is 1. The first-order chi connectivity index (χ1) is 6.27. The summed E-state index contributed by atoms with van der Waals surface area (Å²) in [6.45, 7) is 2.95. The highest BCUT2D eigenvalue weighted by atomic mass is 35.5. The van der Waals surface area contributed by atoms with E-state index in [0.717, 1.165) is 22.2 Å². The second kappa shape index (κ2) is 5.37. The lowest BCUT2D eigenvalue weighted by molar-refractivity contribution is 0.405. The molecule has 0 atom stereocenters. The van der Waals surface area contributed by atoms with Crippen LogP contribution in [0.2, 0.25) is 5.02 Å². The van der Waals surface area contributed by atoms with Gasteiger partial charge in [-0.15, -0.1) is 0 Å². The molecule has 0 spiro atoms. The Morgan fingerprint density at radius 1 is 1.54 bits per heavy atom. The van der Waals surface area contributed by atoms with Crippen LogP contribution in [-0.2, 0) is 0 Å². The number of nitrogens with one attached hydrogen (secondary N) is 1. The smallest absolute Gasteiger partial charge is 0.133 e. The summed E-state index contributed by atoms with van der Waals surface area (Å²) in [6.07, 6.45) is 0. The third-order valence-corrected chi connectivity index (χ3v) is 2.66. The third kappa shape index (κ3) is 3.10. The highest BCUT2D eigenvalue weighted by Gasteiger charge is 2.03. The van der Waals surface area contributed by atoms with Gasteiger partial charge in [0.2, 0.25) is 0 Å². The standard InChI is InChI=1S/C9H12ClNOS/c1-3-11-13-9-6-7(10)4-5-8(9)12-2/h4-6,11H,3H2,1-2H3. The maximum absolute atomic E-state index is 5.86. The number of ether oxygens (including phenoxy) is 1. The maximum Gasteiger partial charge on any atom is 0.133 e. The number of halogens is 1. The van der Waals surface area contributed by atoms with Crippen molar-refractivity contribution >= 4 is 23.5 Å². The van der Waals surface area contributed by atoms with E-state index >= 15 is 0 Å². The first-order valence-corrected chi connectivity index (χ1v) is 5.20. The molecule has 0 aliphatic carbocycles. The molecule has 1 rings (SSSR count). The Morgan fingerprint density at radius 3 is 2.92 bits per heavy atom. The Balaban J connectivity index is 2.81. The van der Waals surface area contributed by atoms with Gasteiger partial charge in [-0.1, -0.05) is 18.5 Å². The van der Waals surface area contributed by atoms with Gasteiger partial charge in [0.1, 0.15) is 5.75 Å². The van der Waals surface area contributed by atoms with E-state index in [4.69, 9.17) is 16.3 Å². The van der Waals surface area contributed by atoms with Crippen LogP contribution in [0.4, 0.5) is 0 Å². The molecule has 0 radical (unpaired) electrons. The third-order valence-electron chi connectivity index (χ3n) is 1.45. The lowest BCUT2D eigenvalue weighted by atomic mass is 10.3. The van der Waals surface area contributed by atoms with Gasteiger partial charge in [0.05, 0.1) is 12.0 Å². The Morgan fingerprint density at radius 2 is 2.31 bits per heavy atom. The molecule has 0 saturated heterocycles. The van der Waals surface area contributed by atoms with Gasteiger partial charge in [0.15, 0.2) is 0 Å². The predicted octanol–water partition coefficient (Wildman–Crippen LogP) is 2.97. The van der Waals surface area contributed by atoms with Crippen molar-refractivity contribution in [3.8, 4) is 5.75 Å². The highest BCUT2D eigenvalue weighted by molar-refractivity contribution is 7.97. The average Bonchev–Trinajstić information content (AvgIpc) is 2.15. The molecule has 1 aromatic carbocycles. The van der Waals surface area contributed by atoms with Crippen LogP contribution in [0, 0.1) is 0 Å². The fourth-order valence-electron chi connectivity index (χ4n) is 0.880. The minimum atomic E-state index is 0.723. The van der Waals surface area contributed by atoms with Crippen molar-refractivity contribution in [1.29, 1.82) is 0 Å². The Hall–Kier alpha value is -0.380. The van der Waals surface area contributed by atoms with Crippen LogP contribution in [0.3, 0.4) is 0 Å². The number of hydrogen-bond acceptors (Lipinski definition) is 3. The van der Waals surface area contributed by atoms with E-state index in [1.807, 2.05) is 25.1 Å². The second-order valence-electron chi connectivity index (χ2n) is 2.40. The Bertz CT molecular complexity index is 280. The summed E-state index contributed by atoms with van der Waals surface area (Å²) in [6, 6.07) is 5.56. The van der Waals surface area contributed by atoms with E-state index in [0.29, 0.717) is 0 Å². The molecule has 0 aliphatic rings. The predicted molar refractivity (Wildman–Crippen MR) is 57.5 cm³/mol. The average molecular weight is 218 g/mol. The van der Waals surface area contributed by atoms with Crippen molar-refractivity contribution in [2.24, 2.45) is 0 Å². The van der Waals surface area contributed by atoms with Crippen LogP contribution in [-0.4, -0.2) is 13.7 Å². The molecule has 4 heteroatoms. The zero-order valence-corrected chi connectivity index (χ0v) is 9.21. The van der Waals surface area contributed by atoms with Crippen molar-refractivity contribution < 1.29 is 4.74 Å². The summed E-state index contributed by atoms with van der Waals surface area (Å²) in [7, 11) is 1.65. The molecule has 0 heterocycles. The zero-order valence-electron chi connectivity index (χ0n) is 7.63. The van der Waals surface area contributed by atoms with Crippen molar-refractivity contribution in [3.63, 3.8) is 0 Å². The fourth-order valence-corrected chi connectivity index (χ4v) is 1.85. The van der Waals surface area contributed by atoms with Gasteiger partial charge >= 0.3 is 0 Å². The molecular weight excluding hydrogens is 206 g/mol. The van der Waals surface area contributed by atoms with E-state index < -0.39 is 0 Å². The largest absolute Gasteiger partial charge is 0.496 e. The van der Waals surface area contributed by atoms with Crippen LogP contribution >= 0.6 is 23.5 Å². The molecule has 1 N–H and O–H groups in total. The molecule has 0 aliphatic heterocycles. The first-order valence-electron chi connectivity index (χ1n) is 4.01. The summed E-state index contributed by atoms with van der Waals surface area (Å²) in [5, 5.41) is 0.723. The van der Waals surface area contributed by atoms with Crippen LogP contribution in [0.5, 0.6) is 5.75 Å². The zero-order chi connectivity index (χ0) is 9.68. The quantitative estimate of drug-likeness (QED) is 0.784. The van der Waals surface area contributed by atoms with Gasteiger partial charge < -0.3 is 4.74 Å². The molecule has 0 unspecified atom stereocenters. The molecule has 0 aromatic heterocycles. The van der Waals surface area contributed by atoms with Crippen LogP contribution in [0.15, 0.2) is 23.1 Å². The molecule has 1 aromatic rings. The molecule has 2 nitrogen and oxygen atoms in total. The Labute approximate surface area is 87.8 Å². The molecule has 13 heavy (non-hydrogen) atoms. The van der Waals surface area contributed by atoms with Gasteiger partial charge in [-0.05, 0) is 30.1 Å². The SMILES string of the molecule is CCNSc1cc(Cl)ccc1OC. The second-order valence-corrected chi connectivity index (χ2v) is 3.76. The minimum Gasteiger partial charge on any atom is -0.496 e. The summed E-state index contributed by atoms with van der Waals surface area (Å²) >= 11 is 7.38. The number of benzene rings is 1. The topological polar surface area (TPSA) is 21.3 Å².